The Bertz CT molecular complexity index is 676. The Kier molecular flexibility index (Phi) is 5.74. The lowest BCUT2D eigenvalue weighted by Crippen LogP contribution is -2.61. The van der Waals surface area contributed by atoms with Gasteiger partial charge in [0.2, 0.25) is 0 Å². The average molecular weight is 379 g/mol. The van der Waals surface area contributed by atoms with Crippen molar-refractivity contribution in [2.45, 2.75) is 31.0 Å². The molecule has 0 spiro atoms. The molecule has 27 heavy (non-hydrogen) atoms. The molecule has 0 aromatic heterocycles. The summed E-state index contributed by atoms with van der Waals surface area (Å²) in [4.78, 5) is 18.1. The Balaban J connectivity index is 1.60. The molecule has 1 aromatic rings. The Morgan fingerprint density at radius 2 is 1.93 bits per heavy atom. The molecule has 2 aliphatic rings. The van der Waals surface area contributed by atoms with Crippen molar-refractivity contribution in [2.75, 3.05) is 58.3 Å². The van der Waals surface area contributed by atoms with Crippen LogP contribution in [-0.4, -0.2) is 85.4 Å². The first-order valence-electron chi connectivity index (χ1n) is 9.52. The molecule has 2 fully saturated rings. The number of hydrogen-bond donors (Lipinski definition) is 1. The number of carbonyl (C=O) groups is 1. The van der Waals surface area contributed by atoms with E-state index in [9.17, 15) is 14.3 Å². The first-order chi connectivity index (χ1) is 12.7. The topological polar surface area (TPSA) is 56.2 Å². The molecule has 0 aliphatic carbocycles. The lowest BCUT2D eigenvalue weighted by Gasteiger charge is -2.45. The summed E-state index contributed by atoms with van der Waals surface area (Å²) >= 11 is 0. The van der Waals surface area contributed by atoms with Gasteiger partial charge in [0.15, 0.2) is 5.60 Å². The molecular formula is C20H30FN3O3. The second-order valence-electron chi connectivity index (χ2n) is 8.15. The number of hydrogen-bond acceptors (Lipinski definition) is 5. The number of benzene rings is 1. The van der Waals surface area contributed by atoms with Gasteiger partial charge in [-0.15, -0.1) is 0 Å². The van der Waals surface area contributed by atoms with E-state index in [1.165, 1.54) is 6.07 Å². The molecule has 7 heteroatoms. The summed E-state index contributed by atoms with van der Waals surface area (Å²) in [6, 6.07) is 6.76. The summed E-state index contributed by atoms with van der Waals surface area (Å²) < 4.78 is 19.8. The highest BCUT2D eigenvalue weighted by Gasteiger charge is 2.43. The molecule has 3 rings (SSSR count). The molecule has 6 nitrogen and oxygen atoms in total. The molecule has 0 saturated carbocycles. The van der Waals surface area contributed by atoms with Crippen LogP contribution < -0.4 is 4.90 Å². The van der Waals surface area contributed by atoms with Crippen molar-refractivity contribution in [3.63, 3.8) is 0 Å². The molecule has 150 valence electrons. The highest BCUT2D eigenvalue weighted by Crippen LogP contribution is 2.30. The van der Waals surface area contributed by atoms with E-state index >= 15 is 0 Å². The van der Waals surface area contributed by atoms with Gasteiger partial charge in [-0.3, -0.25) is 9.69 Å². The predicted octanol–water partition coefficient (Wildman–Crippen LogP) is 1.34. The van der Waals surface area contributed by atoms with E-state index in [1.807, 2.05) is 17.9 Å². The summed E-state index contributed by atoms with van der Waals surface area (Å²) in [7, 11) is 3.45. The van der Waals surface area contributed by atoms with Crippen LogP contribution in [0.25, 0.3) is 0 Å². The van der Waals surface area contributed by atoms with Crippen molar-refractivity contribution >= 4 is 11.6 Å². The molecule has 2 aliphatic heterocycles. The molecule has 2 saturated heterocycles. The van der Waals surface area contributed by atoms with Crippen LogP contribution >= 0.6 is 0 Å². The first-order valence-corrected chi connectivity index (χ1v) is 9.52. The maximum Gasteiger partial charge on any atom is 0.255 e. The average Bonchev–Trinajstić information content (AvgIpc) is 2.62. The standard InChI is InChI=1S/C20H30FN3O3/c1-19(18(25)22(2)3)14-23(12-13-27-19)15-20(26)8-10-24(11-9-20)17-7-5-4-6-16(17)21/h4-7,26H,8-15H2,1-3H3/t19-/m1/s1. The van der Waals surface area contributed by atoms with E-state index < -0.39 is 11.2 Å². The minimum atomic E-state index is -0.883. The van der Waals surface area contributed by atoms with Crippen molar-refractivity contribution in [2.24, 2.45) is 0 Å². The van der Waals surface area contributed by atoms with Crippen molar-refractivity contribution in [3.8, 4) is 0 Å². The molecule has 1 aromatic carbocycles. The quantitative estimate of drug-likeness (QED) is 0.856. The smallest absolute Gasteiger partial charge is 0.255 e. The number of carbonyl (C=O) groups excluding carboxylic acids is 1. The number of rotatable bonds is 4. The van der Waals surface area contributed by atoms with Crippen molar-refractivity contribution in [1.82, 2.24) is 9.80 Å². The fourth-order valence-electron chi connectivity index (χ4n) is 4.14. The Hall–Kier alpha value is -1.70. The lowest BCUT2D eigenvalue weighted by atomic mass is 9.89. The number of likely N-dealkylation sites (N-methyl/N-ethyl adjacent to an activating group) is 1. The molecule has 1 atom stereocenters. The Labute approximate surface area is 160 Å². The molecule has 0 radical (unpaired) electrons. The number of piperidine rings is 1. The number of morpholine rings is 1. The van der Waals surface area contributed by atoms with Gasteiger partial charge in [0.1, 0.15) is 5.82 Å². The van der Waals surface area contributed by atoms with Gasteiger partial charge in [-0.1, -0.05) is 12.1 Å². The molecule has 0 bridgehead atoms. The number of nitrogens with zero attached hydrogens (tertiary/aromatic N) is 3. The summed E-state index contributed by atoms with van der Waals surface area (Å²) in [6.45, 7) is 5.14. The van der Waals surface area contributed by atoms with Crippen LogP contribution in [0.5, 0.6) is 0 Å². The van der Waals surface area contributed by atoms with Gasteiger partial charge in [-0.05, 0) is 31.9 Å². The fourth-order valence-corrected chi connectivity index (χ4v) is 4.14. The summed E-state index contributed by atoms with van der Waals surface area (Å²) in [6.07, 6.45) is 1.13. The van der Waals surface area contributed by atoms with E-state index in [-0.39, 0.29) is 11.7 Å². The number of anilines is 1. The molecule has 1 amide bonds. The maximum absolute atomic E-state index is 14.0. The SMILES string of the molecule is CN(C)C(=O)[C@@]1(C)CN(CC2(O)CCN(c3ccccc3F)CC2)CCO1. The minimum absolute atomic E-state index is 0.0615. The monoisotopic (exact) mass is 379 g/mol. The highest BCUT2D eigenvalue weighted by atomic mass is 19.1. The number of ether oxygens (including phenoxy) is 1. The van der Waals surface area contributed by atoms with Gasteiger partial charge < -0.3 is 19.6 Å². The number of aliphatic hydroxyl groups is 1. The van der Waals surface area contributed by atoms with Crippen LogP contribution in [0.2, 0.25) is 0 Å². The van der Waals surface area contributed by atoms with Gasteiger partial charge >= 0.3 is 0 Å². The van der Waals surface area contributed by atoms with Gasteiger partial charge in [0, 0.05) is 46.8 Å². The molecule has 2 heterocycles. The van der Waals surface area contributed by atoms with Crippen molar-refractivity contribution in [1.29, 1.82) is 0 Å². The van der Waals surface area contributed by atoms with E-state index in [2.05, 4.69) is 4.90 Å². The zero-order valence-corrected chi connectivity index (χ0v) is 16.4. The van der Waals surface area contributed by atoms with Crippen LogP contribution in [0.3, 0.4) is 0 Å². The van der Waals surface area contributed by atoms with Crippen LogP contribution in [0.15, 0.2) is 24.3 Å². The summed E-state index contributed by atoms with van der Waals surface area (Å²) in [5, 5.41) is 11.1. The van der Waals surface area contributed by atoms with Crippen LogP contribution in [0.4, 0.5) is 10.1 Å². The lowest BCUT2D eigenvalue weighted by molar-refractivity contribution is -0.168. The second-order valence-corrected chi connectivity index (χ2v) is 8.15. The normalized spacial score (nSPS) is 26.0. The predicted molar refractivity (Wildman–Crippen MR) is 102 cm³/mol. The third kappa shape index (κ3) is 4.42. The van der Waals surface area contributed by atoms with E-state index in [0.29, 0.717) is 57.9 Å². The summed E-state index contributed by atoms with van der Waals surface area (Å²) in [5.74, 6) is -0.289. The first kappa shape index (κ1) is 20.0. The number of para-hydroxylation sites is 1. The molecule has 0 unspecified atom stereocenters. The zero-order valence-electron chi connectivity index (χ0n) is 16.4. The van der Waals surface area contributed by atoms with Crippen LogP contribution in [0, 0.1) is 5.82 Å². The molecule has 1 N–H and O–H groups in total. The third-order valence-corrected chi connectivity index (χ3v) is 5.62. The van der Waals surface area contributed by atoms with Gasteiger partial charge in [0.05, 0.1) is 17.9 Å². The highest BCUT2D eigenvalue weighted by molar-refractivity contribution is 5.84. The van der Waals surface area contributed by atoms with E-state index in [4.69, 9.17) is 4.74 Å². The van der Waals surface area contributed by atoms with Gasteiger partial charge in [-0.25, -0.2) is 4.39 Å². The van der Waals surface area contributed by atoms with E-state index in [1.54, 1.807) is 31.1 Å². The van der Waals surface area contributed by atoms with E-state index in [0.717, 1.165) is 0 Å². The van der Waals surface area contributed by atoms with Crippen LogP contribution in [-0.2, 0) is 9.53 Å². The van der Waals surface area contributed by atoms with Gasteiger partial charge in [0.25, 0.3) is 5.91 Å². The second kappa shape index (κ2) is 7.73. The Morgan fingerprint density at radius 3 is 2.56 bits per heavy atom. The molecular weight excluding hydrogens is 349 g/mol. The number of halogens is 1. The minimum Gasteiger partial charge on any atom is -0.388 e. The maximum atomic E-state index is 14.0. The van der Waals surface area contributed by atoms with Crippen molar-refractivity contribution in [3.05, 3.63) is 30.1 Å². The largest absolute Gasteiger partial charge is 0.388 e. The van der Waals surface area contributed by atoms with Crippen LogP contribution in [0.1, 0.15) is 19.8 Å². The van der Waals surface area contributed by atoms with Gasteiger partial charge in [-0.2, -0.15) is 0 Å². The Morgan fingerprint density at radius 1 is 1.26 bits per heavy atom. The number of β-amino-alcohol motifs (C(OH)–C–C–N with tert-alkyl or cyclic N) is 1. The van der Waals surface area contributed by atoms with Crippen molar-refractivity contribution < 1.29 is 19.0 Å². The summed E-state index contributed by atoms with van der Waals surface area (Å²) in [5.41, 5.74) is -1.12. The third-order valence-electron chi connectivity index (χ3n) is 5.62. The number of amides is 1. The fraction of sp³-hybridized carbons (Fsp3) is 0.650. The zero-order chi connectivity index (χ0) is 19.7.